The maximum absolute atomic E-state index is 14.4. The zero-order chi connectivity index (χ0) is 39.5. The third-order valence-electron chi connectivity index (χ3n) is 9.38. The van der Waals surface area contributed by atoms with Crippen LogP contribution in [0, 0.1) is 18.6 Å². The van der Waals surface area contributed by atoms with E-state index in [0.717, 1.165) is 29.3 Å². The van der Waals surface area contributed by atoms with Crippen LogP contribution in [0.3, 0.4) is 0 Å². The molecular weight excluding hydrogens is 727 g/mol. The van der Waals surface area contributed by atoms with Crippen molar-refractivity contribution in [3.8, 4) is 0 Å². The molecule has 17 heteroatoms. The van der Waals surface area contributed by atoms with E-state index in [2.05, 4.69) is 10.3 Å². The lowest BCUT2D eigenvalue weighted by Crippen LogP contribution is -2.64. The number of piperazine rings is 1. The molecule has 0 radical (unpaired) electrons. The van der Waals surface area contributed by atoms with Gasteiger partial charge in [-0.3, -0.25) is 14.5 Å². The Morgan fingerprint density at radius 2 is 1.70 bits per heavy atom. The van der Waals surface area contributed by atoms with Crippen molar-refractivity contribution in [2.24, 2.45) is 7.05 Å². The molecule has 0 saturated carbocycles. The predicted molar refractivity (Wildman–Crippen MR) is 193 cm³/mol. The van der Waals surface area contributed by atoms with Crippen LogP contribution in [0.5, 0.6) is 0 Å². The number of nitrogens with zero attached hydrogens (tertiary/aromatic N) is 5. The zero-order valence-electron chi connectivity index (χ0n) is 31.3. The Morgan fingerprint density at radius 3 is 2.33 bits per heavy atom. The number of aliphatic hydroxyl groups is 1. The van der Waals surface area contributed by atoms with E-state index in [4.69, 9.17) is 9.47 Å². The molecule has 2 saturated heterocycles. The van der Waals surface area contributed by atoms with Crippen LogP contribution in [-0.2, 0) is 33.0 Å². The first kappa shape index (κ1) is 40.7. The van der Waals surface area contributed by atoms with Gasteiger partial charge in [0.15, 0.2) is 5.03 Å². The summed E-state index contributed by atoms with van der Waals surface area (Å²) in [5.74, 6) is -2.77. The second kappa shape index (κ2) is 16.5. The molecule has 3 aromatic rings. The van der Waals surface area contributed by atoms with Gasteiger partial charge in [0.2, 0.25) is 0 Å². The number of nitrogens with one attached hydrogen (secondary N) is 1. The van der Waals surface area contributed by atoms with E-state index in [1.54, 1.807) is 58.9 Å². The summed E-state index contributed by atoms with van der Waals surface area (Å²) in [6.07, 6.45) is 1.37. The van der Waals surface area contributed by atoms with Crippen molar-refractivity contribution < 1.29 is 46.2 Å². The van der Waals surface area contributed by atoms with Gasteiger partial charge >= 0.3 is 6.09 Å². The molecule has 0 aliphatic carbocycles. The normalized spacial score (nSPS) is 19.4. The predicted octanol–water partition coefficient (Wildman–Crippen LogP) is 3.27. The van der Waals surface area contributed by atoms with Crippen LogP contribution in [0.15, 0.2) is 53.9 Å². The van der Waals surface area contributed by atoms with Crippen molar-refractivity contribution in [2.45, 2.75) is 81.8 Å². The summed E-state index contributed by atoms with van der Waals surface area (Å²) < 4.78 is 69.7. The molecule has 0 spiro atoms. The van der Waals surface area contributed by atoms with E-state index in [0.29, 0.717) is 24.8 Å². The van der Waals surface area contributed by atoms with E-state index < -0.39 is 64.0 Å². The molecule has 14 nitrogen and oxygen atoms in total. The fourth-order valence-corrected chi connectivity index (χ4v) is 8.34. The molecule has 2 N–H and O–H groups in total. The molecule has 4 atom stereocenters. The third kappa shape index (κ3) is 9.61. The Kier molecular flexibility index (Phi) is 12.4. The lowest BCUT2D eigenvalue weighted by atomic mass is 9.93. The summed E-state index contributed by atoms with van der Waals surface area (Å²) in [5, 5.41) is 14.7. The average Bonchev–Trinajstić information content (AvgIpc) is 3.75. The number of sulfonamides is 1. The van der Waals surface area contributed by atoms with Gasteiger partial charge in [-0.2, -0.15) is 4.31 Å². The summed E-state index contributed by atoms with van der Waals surface area (Å²) in [4.78, 5) is 48.1. The first-order chi connectivity index (χ1) is 25.4. The molecule has 3 amide bonds. The number of hydrogen-bond acceptors (Lipinski definition) is 9. The molecule has 3 heterocycles. The van der Waals surface area contributed by atoms with Gasteiger partial charge in [0.25, 0.3) is 21.8 Å². The number of ether oxygens (including phenoxy) is 2. The van der Waals surface area contributed by atoms with Crippen LogP contribution in [-0.4, -0.2) is 125 Å². The first-order valence-corrected chi connectivity index (χ1v) is 19.1. The quantitative estimate of drug-likeness (QED) is 0.298. The Labute approximate surface area is 314 Å². The first-order valence-electron chi connectivity index (χ1n) is 17.7. The number of benzene rings is 2. The highest BCUT2D eigenvalue weighted by Crippen LogP contribution is 2.26. The number of aromatic nitrogens is 2. The van der Waals surface area contributed by atoms with Crippen LogP contribution in [0.4, 0.5) is 13.6 Å². The fourth-order valence-electron chi connectivity index (χ4n) is 6.93. The Morgan fingerprint density at radius 1 is 1.02 bits per heavy atom. The van der Waals surface area contributed by atoms with Gasteiger partial charge in [0, 0.05) is 63.7 Å². The van der Waals surface area contributed by atoms with Gasteiger partial charge in [0.05, 0.1) is 37.2 Å². The maximum atomic E-state index is 14.4. The van der Waals surface area contributed by atoms with Gasteiger partial charge in [-0.25, -0.2) is 27.0 Å². The van der Waals surface area contributed by atoms with Crippen molar-refractivity contribution in [1.29, 1.82) is 0 Å². The van der Waals surface area contributed by atoms with E-state index >= 15 is 0 Å². The minimum atomic E-state index is -4.21. The molecule has 0 bridgehead atoms. The molecule has 2 fully saturated rings. The van der Waals surface area contributed by atoms with E-state index in [9.17, 15) is 36.7 Å². The van der Waals surface area contributed by atoms with Crippen molar-refractivity contribution in [2.75, 3.05) is 39.9 Å². The lowest BCUT2D eigenvalue weighted by Gasteiger charge is -2.44. The summed E-state index contributed by atoms with van der Waals surface area (Å²) in [6, 6.07) is 4.69. The van der Waals surface area contributed by atoms with Crippen LogP contribution in [0.25, 0.3) is 0 Å². The summed E-state index contributed by atoms with van der Waals surface area (Å²) >= 11 is 0. The summed E-state index contributed by atoms with van der Waals surface area (Å²) in [6.45, 7) is 6.81. The lowest BCUT2D eigenvalue weighted by molar-refractivity contribution is -0.0295. The standard InChI is InChI=1S/C37H48F2N6O8S/c1-23-12-25(17-26(13-23)35(48)44-9-7-8-29(44)21-52-6)34(47)41-30(16-24-14-27(38)18-28(39)15-24)33(46)31-19-43(54(50,51)32-20-42(5)22-40-32)10-11-45(31)36(49)53-37(2,3)4/h12-15,17-18,20,22,29-31,33,46H,7-11,16,19,21H2,1-6H3,(H,41,47)/t29-,30+,31-,33+/m1/s1. The second-order valence-corrected chi connectivity index (χ2v) is 16.8. The molecular formula is C37H48F2N6O8S. The summed E-state index contributed by atoms with van der Waals surface area (Å²) in [5.41, 5.74) is 0.0843. The second-order valence-electron chi connectivity index (χ2n) is 14.9. The molecule has 294 valence electrons. The molecule has 2 aliphatic rings. The van der Waals surface area contributed by atoms with Gasteiger partial charge < -0.3 is 29.4 Å². The highest BCUT2D eigenvalue weighted by atomic mass is 32.2. The van der Waals surface area contributed by atoms with Crippen molar-refractivity contribution in [3.05, 3.63) is 82.8 Å². The number of likely N-dealkylation sites (tertiary alicyclic amines) is 1. The SMILES string of the molecule is COC[C@H]1CCCN1C(=O)c1cc(C)cc(C(=O)N[C@@H](Cc2cc(F)cc(F)c2)[C@H](O)[C@H]2CN(S(=O)(=O)c3cn(C)cn3)CCN2C(=O)OC(C)(C)C)c1. The maximum Gasteiger partial charge on any atom is 0.410 e. The highest BCUT2D eigenvalue weighted by molar-refractivity contribution is 7.89. The average molecular weight is 775 g/mol. The van der Waals surface area contributed by atoms with Crippen LogP contribution < -0.4 is 5.32 Å². The zero-order valence-corrected chi connectivity index (χ0v) is 32.1. The number of aryl methyl sites for hydroxylation is 2. The third-order valence-corrected chi connectivity index (χ3v) is 11.1. The van der Waals surface area contributed by atoms with Crippen molar-refractivity contribution in [1.82, 2.24) is 29.0 Å². The number of rotatable bonds is 11. The fraction of sp³-hybridized carbons (Fsp3) is 0.514. The van der Waals surface area contributed by atoms with E-state index in [1.807, 2.05) is 0 Å². The highest BCUT2D eigenvalue weighted by Gasteiger charge is 2.44. The Balaban J connectivity index is 1.50. The number of hydrogen-bond donors (Lipinski definition) is 2. The van der Waals surface area contributed by atoms with Crippen LogP contribution >= 0.6 is 0 Å². The smallest absolute Gasteiger partial charge is 0.410 e. The van der Waals surface area contributed by atoms with Crippen molar-refractivity contribution >= 4 is 27.9 Å². The molecule has 1 aromatic heterocycles. The molecule has 2 aliphatic heterocycles. The number of aliphatic hydroxyl groups excluding tert-OH is 1. The van der Waals surface area contributed by atoms with Gasteiger partial charge in [-0.1, -0.05) is 0 Å². The molecule has 0 unspecified atom stereocenters. The van der Waals surface area contributed by atoms with Crippen LogP contribution in [0.1, 0.15) is 65.5 Å². The van der Waals surface area contributed by atoms with Crippen molar-refractivity contribution in [3.63, 3.8) is 0 Å². The number of methoxy groups -OCH3 is 1. The Hall–Kier alpha value is -4.45. The number of carbonyl (C=O) groups excluding carboxylic acids is 3. The van der Waals surface area contributed by atoms with Gasteiger partial charge in [-0.05, 0) is 88.4 Å². The molecule has 54 heavy (non-hydrogen) atoms. The number of amides is 3. The number of carbonyl (C=O) groups is 3. The molecule has 2 aromatic carbocycles. The van der Waals surface area contributed by atoms with Gasteiger partial charge in [-0.15, -0.1) is 0 Å². The summed E-state index contributed by atoms with van der Waals surface area (Å²) in [7, 11) is -1.03. The van der Waals surface area contributed by atoms with E-state index in [-0.39, 0.29) is 53.2 Å². The Bertz CT molecular complexity index is 1950. The van der Waals surface area contributed by atoms with Crippen LogP contribution in [0.2, 0.25) is 0 Å². The minimum absolute atomic E-state index is 0.0766. The largest absolute Gasteiger partial charge is 0.444 e. The minimum Gasteiger partial charge on any atom is -0.444 e. The monoisotopic (exact) mass is 774 g/mol. The molecule has 5 rings (SSSR count). The number of imidazole rings is 1. The van der Waals surface area contributed by atoms with E-state index in [1.165, 1.54) is 28.1 Å². The topological polar surface area (TPSA) is 164 Å². The van der Waals surface area contributed by atoms with Gasteiger partial charge in [0.1, 0.15) is 17.2 Å². The number of halogens is 2.